The maximum absolute atomic E-state index is 13.8. The molecule has 5 aliphatic rings. The van der Waals surface area contributed by atoms with Gasteiger partial charge in [0.2, 0.25) is 23.7 Å². The monoisotopic (exact) mass is 730 g/mol. The van der Waals surface area contributed by atoms with Gasteiger partial charge in [-0.2, -0.15) is 4.98 Å². The van der Waals surface area contributed by atoms with Crippen LogP contribution in [0.3, 0.4) is 0 Å². The second-order valence-electron chi connectivity index (χ2n) is 16.3. The molecule has 1 aromatic carbocycles. The van der Waals surface area contributed by atoms with Crippen LogP contribution in [0.15, 0.2) is 48.8 Å². The smallest absolute Gasteiger partial charge is 0.270 e. The Bertz CT molecular complexity index is 2180. The molecule has 1 aliphatic carbocycles. The summed E-state index contributed by atoms with van der Waals surface area (Å²) in [6.07, 6.45) is 8.64. The molecule has 4 aliphatic heterocycles. The molecule has 54 heavy (non-hydrogen) atoms. The largest absolute Gasteiger partial charge is 0.368 e. The number of fused-ring (bicyclic) bond motifs is 2. The molecule has 1 atom stereocenters. The van der Waals surface area contributed by atoms with Crippen LogP contribution in [-0.2, 0) is 19.8 Å². The van der Waals surface area contributed by atoms with Crippen LogP contribution >= 0.6 is 0 Å². The molecule has 0 bridgehead atoms. The number of carbonyl (C=O) groups is 4. The van der Waals surface area contributed by atoms with Crippen molar-refractivity contribution in [2.24, 2.45) is 0 Å². The third kappa shape index (κ3) is 5.60. The summed E-state index contributed by atoms with van der Waals surface area (Å²) >= 11 is 0. The number of nitrogens with zero attached hydrogens (tertiary/aromatic N) is 8. The molecule has 14 heteroatoms. The molecular weight excluding hydrogens is 685 g/mol. The Balaban J connectivity index is 0.834. The van der Waals surface area contributed by atoms with Gasteiger partial charge in [0, 0.05) is 93.7 Å². The first-order valence-corrected chi connectivity index (χ1v) is 19.1. The minimum Gasteiger partial charge on any atom is -0.368 e. The predicted molar refractivity (Wildman–Crippen MR) is 204 cm³/mol. The molecule has 280 valence electrons. The number of likely N-dealkylation sites (tertiary alicyclic amines) is 1. The molecule has 9 rings (SSSR count). The zero-order chi connectivity index (χ0) is 37.5. The Morgan fingerprint density at radius 3 is 2.39 bits per heavy atom. The van der Waals surface area contributed by atoms with Crippen molar-refractivity contribution in [1.29, 1.82) is 0 Å². The fourth-order valence-electron chi connectivity index (χ4n) is 9.12. The minimum absolute atomic E-state index is 0.0305. The molecule has 3 saturated heterocycles. The first-order chi connectivity index (χ1) is 26.0. The van der Waals surface area contributed by atoms with Crippen molar-refractivity contribution in [3.8, 4) is 0 Å². The van der Waals surface area contributed by atoms with E-state index >= 15 is 0 Å². The molecule has 0 radical (unpaired) electrons. The molecule has 1 saturated carbocycles. The van der Waals surface area contributed by atoms with Crippen LogP contribution in [0.2, 0.25) is 0 Å². The van der Waals surface area contributed by atoms with Gasteiger partial charge >= 0.3 is 0 Å². The second-order valence-corrected chi connectivity index (χ2v) is 16.3. The van der Waals surface area contributed by atoms with Gasteiger partial charge in [-0.3, -0.25) is 34.3 Å². The molecule has 4 fully saturated rings. The van der Waals surface area contributed by atoms with E-state index in [1.54, 1.807) is 30.1 Å². The van der Waals surface area contributed by atoms with E-state index in [2.05, 4.69) is 42.1 Å². The zero-order valence-corrected chi connectivity index (χ0v) is 31.2. The fraction of sp³-hybridized carbons (Fsp3) is 0.475. The SMILES string of the molecule is CN(C)C(=O)c1cc2cnc(Nc3ccc(C4CN(C5CN(c6cccc7c6C(C)(C)C(=O)N7C6CCC(=O)NC6=O)C5)C4)cn3)nc2n1C1CCCC1. The lowest BCUT2D eigenvalue weighted by Crippen LogP contribution is -2.65. The second kappa shape index (κ2) is 12.9. The lowest BCUT2D eigenvalue weighted by Gasteiger charge is -2.53. The van der Waals surface area contributed by atoms with Crippen molar-refractivity contribution in [3.63, 3.8) is 0 Å². The normalized spacial score (nSPS) is 22.0. The van der Waals surface area contributed by atoms with Crippen molar-refractivity contribution in [1.82, 2.24) is 34.6 Å². The van der Waals surface area contributed by atoms with Crippen molar-refractivity contribution in [3.05, 3.63) is 65.6 Å². The Labute approximate surface area is 313 Å². The number of aromatic nitrogens is 4. The first kappa shape index (κ1) is 34.4. The molecular formula is C40H46N10O4. The van der Waals surface area contributed by atoms with Gasteiger partial charge in [-0.05, 0) is 62.9 Å². The molecule has 4 amide bonds. The summed E-state index contributed by atoms with van der Waals surface area (Å²) in [4.78, 5) is 73.6. The van der Waals surface area contributed by atoms with E-state index in [0.29, 0.717) is 35.8 Å². The summed E-state index contributed by atoms with van der Waals surface area (Å²) in [7, 11) is 3.55. The van der Waals surface area contributed by atoms with Crippen LogP contribution in [0.25, 0.3) is 11.0 Å². The van der Waals surface area contributed by atoms with Gasteiger partial charge in [0.1, 0.15) is 23.2 Å². The van der Waals surface area contributed by atoms with E-state index < -0.39 is 17.4 Å². The highest BCUT2D eigenvalue weighted by molar-refractivity contribution is 6.14. The Kier molecular flexibility index (Phi) is 8.21. The summed E-state index contributed by atoms with van der Waals surface area (Å²) in [5.74, 6) is 0.686. The van der Waals surface area contributed by atoms with Crippen LogP contribution in [-0.4, -0.2) is 105 Å². The Hall–Kier alpha value is -5.37. The van der Waals surface area contributed by atoms with Crippen molar-refractivity contribution < 1.29 is 19.2 Å². The van der Waals surface area contributed by atoms with E-state index in [1.807, 2.05) is 44.3 Å². The van der Waals surface area contributed by atoms with Crippen LogP contribution in [0, 0.1) is 0 Å². The van der Waals surface area contributed by atoms with E-state index in [1.165, 1.54) is 5.56 Å². The summed E-state index contributed by atoms with van der Waals surface area (Å²) in [5, 5.41) is 6.55. The number of carbonyl (C=O) groups excluding carboxylic acids is 4. The molecule has 14 nitrogen and oxygen atoms in total. The van der Waals surface area contributed by atoms with Crippen LogP contribution in [0.1, 0.15) is 85.9 Å². The standard InChI is InChI=1S/C40H46N10O4/c1-40(2)34-28(10-7-11-29(34)50(38(40)54)30-13-15-33(51)44-36(30)52)48-21-27(22-48)47-19-25(20-47)23-12-14-32(41-17-23)43-39-42-18-24-16-31(37(53)46(3)4)49(35(24)45-39)26-8-5-6-9-26/h7,10-12,14,16-18,25-27,30H,5-6,8-9,13,15,19-22H2,1-4H3,(H,44,51,52)(H,41,42,43,45). The van der Waals surface area contributed by atoms with Crippen molar-refractivity contribution >= 4 is 57.8 Å². The third-order valence-corrected chi connectivity index (χ3v) is 12.2. The quantitative estimate of drug-likeness (QED) is 0.254. The Morgan fingerprint density at radius 1 is 0.926 bits per heavy atom. The van der Waals surface area contributed by atoms with Crippen molar-refractivity contribution in [2.75, 3.05) is 55.4 Å². The van der Waals surface area contributed by atoms with Crippen LogP contribution in [0.4, 0.5) is 23.1 Å². The highest BCUT2D eigenvalue weighted by Crippen LogP contribution is 2.49. The van der Waals surface area contributed by atoms with E-state index in [-0.39, 0.29) is 30.2 Å². The van der Waals surface area contributed by atoms with Gasteiger partial charge in [-0.1, -0.05) is 25.0 Å². The van der Waals surface area contributed by atoms with Gasteiger partial charge in [0.25, 0.3) is 5.91 Å². The van der Waals surface area contributed by atoms with Gasteiger partial charge < -0.3 is 19.7 Å². The topological polar surface area (TPSA) is 149 Å². The zero-order valence-electron chi connectivity index (χ0n) is 31.2. The number of rotatable bonds is 8. The number of nitrogens with one attached hydrogen (secondary N) is 2. The van der Waals surface area contributed by atoms with Crippen LogP contribution < -0.4 is 20.4 Å². The van der Waals surface area contributed by atoms with Gasteiger partial charge in [-0.15, -0.1) is 0 Å². The molecule has 7 heterocycles. The maximum atomic E-state index is 13.8. The van der Waals surface area contributed by atoms with Crippen molar-refractivity contribution in [2.45, 2.75) is 81.8 Å². The number of pyridine rings is 1. The number of hydrogen-bond donors (Lipinski definition) is 2. The lowest BCUT2D eigenvalue weighted by atomic mass is 9.83. The predicted octanol–water partition coefficient (Wildman–Crippen LogP) is 4.10. The summed E-state index contributed by atoms with van der Waals surface area (Å²) in [6.45, 7) is 7.51. The number of benzene rings is 1. The minimum atomic E-state index is -0.788. The fourth-order valence-corrected chi connectivity index (χ4v) is 9.12. The number of piperidine rings is 1. The van der Waals surface area contributed by atoms with Gasteiger partial charge in [0.15, 0.2) is 0 Å². The number of amides is 4. The first-order valence-electron chi connectivity index (χ1n) is 19.1. The average Bonchev–Trinajstić information content (AvgIpc) is 3.82. The molecule has 0 spiro atoms. The van der Waals surface area contributed by atoms with E-state index in [4.69, 9.17) is 9.97 Å². The maximum Gasteiger partial charge on any atom is 0.270 e. The average molecular weight is 731 g/mol. The highest BCUT2D eigenvalue weighted by atomic mass is 16.2. The van der Waals surface area contributed by atoms with Gasteiger partial charge in [-0.25, -0.2) is 9.97 Å². The lowest BCUT2D eigenvalue weighted by molar-refractivity contribution is -0.136. The third-order valence-electron chi connectivity index (χ3n) is 12.2. The molecule has 4 aromatic rings. The Morgan fingerprint density at radius 2 is 1.69 bits per heavy atom. The van der Waals surface area contributed by atoms with E-state index in [0.717, 1.165) is 79.8 Å². The number of hydrogen-bond acceptors (Lipinski definition) is 10. The molecule has 1 unspecified atom stereocenters. The molecule has 3 aromatic heterocycles. The van der Waals surface area contributed by atoms with Crippen LogP contribution in [0.5, 0.6) is 0 Å². The molecule has 2 N–H and O–H groups in total. The van der Waals surface area contributed by atoms with Gasteiger partial charge in [0.05, 0.1) is 11.1 Å². The summed E-state index contributed by atoms with van der Waals surface area (Å²) in [5.41, 5.74) is 4.60. The van der Waals surface area contributed by atoms with E-state index in [9.17, 15) is 19.2 Å². The number of anilines is 4. The summed E-state index contributed by atoms with van der Waals surface area (Å²) < 4.78 is 2.11. The summed E-state index contributed by atoms with van der Waals surface area (Å²) in [6, 6.07) is 12.0. The number of imide groups is 1. The highest BCUT2D eigenvalue weighted by Gasteiger charge is 2.51.